The van der Waals surface area contributed by atoms with E-state index in [0.29, 0.717) is 18.9 Å². The molecule has 0 saturated carbocycles. The van der Waals surface area contributed by atoms with Crippen molar-refractivity contribution in [3.8, 4) is 0 Å². The van der Waals surface area contributed by atoms with Gasteiger partial charge < -0.3 is 15.4 Å². The maximum absolute atomic E-state index is 12.4. The first-order valence-electron chi connectivity index (χ1n) is 9.49. The molecule has 2 aliphatic heterocycles. The topological polar surface area (TPSA) is 50.4 Å². The standard InChI is InChI=1S/C20H29ClN2O2/c21-18-3-1-2-17(14-18)20(8-12-25-13-9-20)15-23-19(24)5-4-16-6-10-22-11-7-16/h1-3,14,16,22H,4-13,15H2,(H,23,24). The van der Waals surface area contributed by atoms with E-state index in [1.807, 2.05) is 18.2 Å². The number of amides is 1. The van der Waals surface area contributed by atoms with E-state index in [9.17, 15) is 4.79 Å². The number of carbonyl (C=O) groups excluding carboxylic acids is 1. The maximum atomic E-state index is 12.4. The molecule has 25 heavy (non-hydrogen) atoms. The van der Waals surface area contributed by atoms with Gasteiger partial charge in [-0.25, -0.2) is 0 Å². The minimum absolute atomic E-state index is 0.0619. The van der Waals surface area contributed by atoms with Gasteiger partial charge in [0.2, 0.25) is 5.91 Å². The fraction of sp³-hybridized carbons (Fsp3) is 0.650. The second-order valence-corrected chi connectivity index (χ2v) is 7.85. The molecule has 2 saturated heterocycles. The van der Waals surface area contributed by atoms with Crippen LogP contribution < -0.4 is 10.6 Å². The van der Waals surface area contributed by atoms with Crippen LogP contribution in [0.5, 0.6) is 0 Å². The van der Waals surface area contributed by atoms with Gasteiger partial charge in [0.25, 0.3) is 0 Å². The summed E-state index contributed by atoms with van der Waals surface area (Å²) >= 11 is 6.20. The van der Waals surface area contributed by atoms with Gasteiger partial charge in [-0.15, -0.1) is 0 Å². The fourth-order valence-electron chi connectivity index (χ4n) is 4.01. The van der Waals surface area contributed by atoms with E-state index in [2.05, 4.69) is 16.7 Å². The number of hydrogen-bond donors (Lipinski definition) is 2. The molecule has 0 unspecified atom stereocenters. The van der Waals surface area contributed by atoms with Crippen molar-refractivity contribution in [3.05, 3.63) is 34.9 Å². The van der Waals surface area contributed by atoms with Gasteiger partial charge in [0.1, 0.15) is 0 Å². The molecule has 2 N–H and O–H groups in total. The van der Waals surface area contributed by atoms with Crippen LogP contribution in [-0.4, -0.2) is 38.8 Å². The van der Waals surface area contributed by atoms with Crippen molar-refractivity contribution in [1.82, 2.24) is 10.6 Å². The second-order valence-electron chi connectivity index (χ2n) is 7.41. The maximum Gasteiger partial charge on any atom is 0.220 e. The Morgan fingerprint density at radius 1 is 1.28 bits per heavy atom. The first kappa shape index (κ1) is 18.7. The molecule has 4 nitrogen and oxygen atoms in total. The lowest BCUT2D eigenvalue weighted by Gasteiger charge is -2.38. The van der Waals surface area contributed by atoms with Gasteiger partial charge in [-0.1, -0.05) is 23.7 Å². The summed E-state index contributed by atoms with van der Waals surface area (Å²) in [6.07, 6.45) is 5.85. The molecule has 0 bridgehead atoms. The predicted octanol–water partition coefficient (Wildman–Crippen LogP) is 3.28. The molecule has 1 aromatic rings. The van der Waals surface area contributed by atoms with Crippen molar-refractivity contribution in [2.75, 3.05) is 32.8 Å². The zero-order chi connectivity index (χ0) is 17.5. The van der Waals surface area contributed by atoms with Gasteiger partial charge in [0.15, 0.2) is 0 Å². The van der Waals surface area contributed by atoms with Crippen LogP contribution in [0, 0.1) is 5.92 Å². The van der Waals surface area contributed by atoms with Crippen molar-refractivity contribution in [1.29, 1.82) is 0 Å². The highest BCUT2D eigenvalue weighted by molar-refractivity contribution is 6.30. The van der Waals surface area contributed by atoms with Crippen LogP contribution in [0.3, 0.4) is 0 Å². The quantitative estimate of drug-likeness (QED) is 0.814. The second kappa shape index (κ2) is 9.02. The molecule has 138 valence electrons. The molecule has 0 aromatic heterocycles. The van der Waals surface area contributed by atoms with E-state index in [4.69, 9.17) is 16.3 Å². The molecule has 1 aromatic carbocycles. The van der Waals surface area contributed by atoms with Crippen molar-refractivity contribution >= 4 is 17.5 Å². The third kappa shape index (κ3) is 5.19. The van der Waals surface area contributed by atoms with Gasteiger partial charge >= 0.3 is 0 Å². The van der Waals surface area contributed by atoms with Crippen molar-refractivity contribution < 1.29 is 9.53 Å². The Balaban J connectivity index is 1.56. The number of rotatable bonds is 6. The number of hydrogen-bond acceptors (Lipinski definition) is 3. The average Bonchev–Trinajstić information content (AvgIpc) is 2.66. The van der Waals surface area contributed by atoms with Crippen molar-refractivity contribution in [2.24, 2.45) is 5.92 Å². The van der Waals surface area contributed by atoms with Crippen molar-refractivity contribution in [3.63, 3.8) is 0 Å². The van der Waals surface area contributed by atoms with E-state index >= 15 is 0 Å². The Kier molecular flexibility index (Phi) is 6.74. The summed E-state index contributed by atoms with van der Waals surface area (Å²) in [6, 6.07) is 8.05. The monoisotopic (exact) mass is 364 g/mol. The third-order valence-electron chi connectivity index (χ3n) is 5.75. The highest BCUT2D eigenvalue weighted by Gasteiger charge is 2.35. The summed E-state index contributed by atoms with van der Waals surface area (Å²) < 4.78 is 5.56. The molecule has 0 spiro atoms. The van der Waals surface area contributed by atoms with Gasteiger partial charge in [-0.05, 0) is 68.8 Å². The Morgan fingerprint density at radius 2 is 2.04 bits per heavy atom. The average molecular weight is 365 g/mol. The zero-order valence-electron chi connectivity index (χ0n) is 14.9. The van der Waals surface area contributed by atoms with Gasteiger partial charge in [0, 0.05) is 36.6 Å². The Labute approximate surface area is 155 Å². The van der Waals surface area contributed by atoms with E-state index in [-0.39, 0.29) is 11.3 Å². The number of ether oxygens (including phenoxy) is 1. The summed E-state index contributed by atoms with van der Waals surface area (Å²) in [7, 11) is 0. The zero-order valence-corrected chi connectivity index (χ0v) is 15.6. The summed E-state index contributed by atoms with van der Waals surface area (Å²) in [5, 5.41) is 7.32. The summed E-state index contributed by atoms with van der Waals surface area (Å²) in [5.41, 5.74) is 1.15. The molecule has 0 aliphatic carbocycles. The molecule has 1 amide bonds. The fourth-order valence-corrected chi connectivity index (χ4v) is 4.20. The molecular weight excluding hydrogens is 336 g/mol. The van der Waals surface area contributed by atoms with E-state index in [0.717, 1.165) is 50.6 Å². The van der Waals surface area contributed by atoms with Crippen LogP contribution >= 0.6 is 11.6 Å². The smallest absolute Gasteiger partial charge is 0.220 e. The summed E-state index contributed by atoms with van der Waals surface area (Å²) in [6.45, 7) is 4.31. The summed E-state index contributed by atoms with van der Waals surface area (Å²) in [4.78, 5) is 12.4. The molecule has 0 atom stereocenters. The SMILES string of the molecule is O=C(CCC1CCNCC1)NCC1(c2cccc(Cl)c2)CCOCC1. The third-order valence-corrected chi connectivity index (χ3v) is 5.98. The number of nitrogens with one attached hydrogen (secondary N) is 2. The number of halogens is 1. The molecule has 0 radical (unpaired) electrons. The highest BCUT2D eigenvalue weighted by Crippen LogP contribution is 2.35. The normalized spacial score (nSPS) is 21.0. The van der Waals surface area contributed by atoms with Crippen LogP contribution in [0.1, 0.15) is 44.1 Å². The van der Waals surface area contributed by atoms with E-state index < -0.39 is 0 Å². The Hall–Kier alpha value is -1.10. The first-order chi connectivity index (χ1) is 12.2. The Morgan fingerprint density at radius 3 is 2.76 bits per heavy atom. The molecular formula is C20H29ClN2O2. The van der Waals surface area contributed by atoms with Crippen molar-refractivity contribution in [2.45, 2.75) is 43.9 Å². The largest absolute Gasteiger partial charge is 0.381 e. The van der Waals surface area contributed by atoms with Crippen LogP contribution in [0.2, 0.25) is 5.02 Å². The minimum atomic E-state index is -0.0619. The molecule has 2 aliphatic rings. The van der Waals surface area contributed by atoms with Crippen LogP contribution in [0.4, 0.5) is 0 Å². The summed E-state index contributed by atoms with van der Waals surface area (Å²) in [5.74, 6) is 0.864. The molecule has 5 heteroatoms. The lowest BCUT2D eigenvalue weighted by Crippen LogP contribution is -2.44. The highest BCUT2D eigenvalue weighted by atomic mass is 35.5. The van der Waals surface area contributed by atoms with Crippen LogP contribution in [0.15, 0.2) is 24.3 Å². The van der Waals surface area contributed by atoms with Gasteiger partial charge in [-0.2, -0.15) is 0 Å². The lowest BCUT2D eigenvalue weighted by molar-refractivity contribution is -0.122. The predicted molar refractivity (Wildman–Crippen MR) is 101 cm³/mol. The van der Waals surface area contributed by atoms with Crippen LogP contribution in [-0.2, 0) is 14.9 Å². The number of benzene rings is 1. The first-order valence-corrected chi connectivity index (χ1v) is 9.87. The number of piperidine rings is 1. The Bertz CT molecular complexity index is 567. The number of carbonyl (C=O) groups is 1. The molecule has 2 heterocycles. The van der Waals surface area contributed by atoms with E-state index in [1.54, 1.807) is 0 Å². The van der Waals surface area contributed by atoms with Gasteiger partial charge in [-0.3, -0.25) is 4.79 Å². The molecule has 3 rings (SSSR count). The lowest BCUT2D eigenvalue weighted by atomic mass is 9.74. The van der Waals surface area contributed by atoms with Gasteiger partial charge in [0.05, 0.1) is 0 Å². The molecule has 2 fully saturated rings. The van der Waals surface area contributed by atoms with Crippen LogP contribution in [0.25, 0.3) is 0 Å². The van der Waals surface area contributed by atoms with E-state index in [1.165, 1.54) is 18.4 Å². The minimum Gasteiger partial charge on any atom is -0.381 e.